The molecule has 2 amide bonds. The normalized spacial score (nSPS) is 20.1. The van der Waals surface area contributed by atoms with Crippen molar-refractivity contribution in [3.05, 3.63) is 95.2 Å². The van der Waals surface area contributed by atoms with Gasteiger partial charge in [0, 0.05) is 35.2 Å². The second kappa shape index (κ2) is 12.6. The van der Waals surface area contributed by atoms with Gasteiger partial charge in [0.2, 0.25) is 11.8 Å². The summed E-state index contributed by atoms with van der Waals surface area (Å²) in [6.07, 6.45) is -3.38. The van der Waals surface area contributed by atoms with Crippen LogP contribution in [-0.4, -0.2) is 45.9 Å². The highest BCUT2D eigenvalue weighted by atomic mass is 32.2. The zero-order valence-corrected chi connectivity index (χ0v) is 27.9. The number of aromatic nitrogens is 1. The van der Waals surface area contributed by atoms with Gasteiger partial charge in [0.25, 0.3) is 0 Å². The molecule has 10 heteroatoms. The topological polar surface area (TPSA) is 74.4 Å². The minimum Gasteiger partial charge on any atom is -0.497 e. The van der Waals surface area contributed by atoms with Crippen molar-refractivity contribution in [3.63, 3.8) is 0 Å². The molecule has 0 unspecified atom stereocenters. The highest BCUT2D eigenvalue weighted by Crippen LogP contribution is 2.67. The van der Waals surface area contributed by atoms with E-state index in [1.54, 1.807) is 48.0 Å². The number of ether oxygens (including phenoxy) is 1. The van der Waals surface area contributed by atoms with Gasteiger partial charge in [0.15, 0.2) is 0 Å². The number of nitrogens with one attached hydrogen (secondary N) is 2. The molecule has 3 aromatic carbocycles. The number of para-hydroxylation sites is 1. The summed E-state index contributed by atoms with van der Waals surface area (Å²) in [6, 6.07) is 20.1. The number of rotatable bonds is 9. The predicted molar refractivity (Wildman–Crippen MR) is 181 cm³/mol. The van der Waals surface area contributed by atoms with Gasteiger partial charge in [-0.2, -0.15) is 24.9 Å². The van der Waals surface area contributed by atoms with E-state index in [4.69, 9.17) is 4.74 Å². The number of halogens is 3. The Hall–Kier alpha value is -3.92. The smallest absolute Gasteiger partial charge is 0.416 e. The van der Waals surface area contributed by atoms with E-state index in [-0.39, 0.29) is 42.0 Å². The molecule has 2 heterocycles. The number of carbonyl (C=O) groups is 2. The summed E-state index contributed by atoms with van der Waals surface area (Å²) in [6.45, 7) is 6.46. The van der Waals surface area contributed by atoms with E-state index in [0.717, 1.165) is 28.7 Å². The number of H-pyrrole nitrogens is 1. The van der Waals surface area contributed by atoms with Crippen molar-refractivity contribution in [2.45, 2.75) is 64.2 Å². The Morgan fingerprint density at radius 3 is 2.30 bits per heavy atom. The van der Waals surface area contributed by atoms with Crippen LogP contribution in [0.2, 0.25) is 0 Å². The Bertz CT molecular complexity index is 1760. The van der Waals surface area contributed by atoms with Crippen molar-refractivity contribution >= 4 is 40.2 Å². The first kappa shape index (κ1) is 33.0. The maximum absolute atomic E-state index is 14.7. The first-order valence-electron chi connectivity index (χ1n) is 15.9. The molecule has 6 nitrogen and oxygen atoms in total. The van der Waals surface area contributed by atoms with E-state index in [2.05, 4.69) is 43.2 Å². The lowest BCUT2D eigenvalue weighted by Gasteiger charge is -2.45. The molecule has 1 aliphatic carbocycles. The van der Waals surface area contributed by atoms with Gasteiger partial charge in [-0.15, -0.1) is 0 Å². The Kier molecular flexibility index (Phi) is 8.84. The molecule has 4 aromatic rings. The molecule has 47 heavy (non-hydrogen) atoms. The van der Waals surface area contributed by atoms with Crippen molar-refractivity contribution in [3.8, 4) is 5.75 Å². The van der Waals surface area contributed by atoms with Crippen molar-refractivity contribution in [1.82, 2.24) is 9.88 Å². The summed E-state index contributed by atoms with van der Waals surface area (Å²) in [7, 11) is 1.57. The fraction of sp³-hybridized carbons (Fsp3) is 0.405. The van der Waals surface area contributed by atoms with E-state index in [0.29, 0.717) is 41.3 Å². The first-order valence-corrected chi connectivity index (χ1v) is 17.1. The Labute approximate surface area is 277 Å². The standard InChI is InChI=1S/C37H40F3N3O3S/c1-23-32(28-7-5-6-8-30(28)41-23)33-29(35(33,2)3)21-31(44)43(22-24-9-11-25(12-10-24)37(38,39)40)36(17-19-47-20-18-36)34(45)42-26-13-15-27(46-4)16-14-26/h5-16,29,33,41H,17-22H2,1-4H3,(H,42,45)/t29-,33-/m0/s1. The fourth-order valence-electron chi connectivity index (χ4n) is 7.41. The molecule has 0 radical (unpaired) electrons. The second-order valence-corrected chi connectivity index (χ2v) is 14.5. The van der Waals surface area contributed by atoms with Crippen LogP contribution in [0, 0.1) is 18.3 Å². The van der Waals surface area contributed by atoms with Gasteiger partial charge in [-0.25, -0.2) is 0 Å². The molecule has 0 bridgehead atoms. The van der Waals surface area contributed by atoms with Crippen molar-refractivity contribution in [2.75, 3.05) is 23.9 Å². The van der Waals surface area contributed by atoms with Crippen molar-refractivity contribution in [2.24, 2.45) is 11.3 Å². The maximum Gasteiger partial charge on any atom is 0.416 e. The lowest BCUT2D eigenvalue weighted by Crippen LogP contribution is -2.60. The van der Waals surface area contributed by atoms with Crippen LogP contribution in [0.1, 0.15) is 61.4 Å². The Morgan fingerprint density at radius 1 is 1.00 bits per heavy atom. The predicted octanol–water partition coefficient (Wildman–Crippen LogP) is 8.57. The Morgan fingerprint density at radius 2 is 1.66 bits per heavy atom. The third-order valence-corrected chi connectivity index (χ3v) is 11.2. The minimum absolute atomic E-state index is 0.0294. The van der Waals surface area contributed by atoms with Crippen LogP contribution >= 0.6 is 11.8 Å². The third-order valence-electron chi connectivity index (χ3n) is 10.2. The summed E-state index contributed by atoms with van der Waals surface area (Å²) < 4.78 is 45.4. The largest absolute Gasteiger partial charge is 0.497 e. The molecule has 6 rings (SSSR count). The fourth-order valence-corrected chi connectivity index (χ4v) is 8.57. The highest BCUT2D eigenvalue weighted by molar-refractivity contribution is 7.99. The number of amides is 2. The quantitative estimate of drug-likeness (QED) is 0.188. The zero-order chi connectivity index (χ0) is 33.6. The first-order chi connectivity index (χ1) is 22.3. The molecule has 1 aromatic heterocycles. The van der Waals surface area contributed by atoms with E-state index in [1.165, 1.54) is 17.7 Å². The number of hydrogen-bond donors (Lipinski definition) is 2. The van der Waals surface area contributed by atoms with Gasteiger partial charge in [-0.3, -0.25) is 9.59 Å². The van der Waals surface area contributed by atoms with Crippen LogP contribution < -0.4 is 10.1 Å². The number of fused-ring (bicyclic) bond motifs is 1. The van der Waals surface area contributed by atoms with Gasteiger partial charge in [0.1, 0.15) is 11.3 Å². The summed E-state index contributed by atoms with van der Waals surface area (Å²) in [5, 5.41) is 4.20. The number of alkyl halides is 3. The van der Waals surface area contributed by atoms with Crippen LogP contribution in [0.3, 0.4) is 0 Å². The van der Waals surface area contributed by atoms with Gasteiger partial charge in [-0.1, -0.05) is 44.2 Å². The van der Waals surface area contributed by atoms with Gasteiger partial charge >= 0.3 is 6.18 Å². The van der Waals surface area contributed by atoms with Gasteiger partial charge in [0.05, 0.1) is 12.7 Å². The molecule has 0 spiro atoms. The second-order valence-electron chi connectivity index (χ2n) is 13.3. The van der Waals surface area contributed by atoms with Crippen LogP contribution in [0.5, 0.6) is 5.75 Å². The molecule has 2 atom stereocenters. The average Bonchev–Trinajstić information content (AvgIpc) is 3.40. The molecule has 2 fully saturated rings. The number of anilines is 1. The number of carbonyl (C=O) groups excluding carboxylic acids is 2. The molecular formula is C37H40F3N3O3S. The maximum atomic E-state index is 14.7. The number of thioether (sulfide) groups is 1. The lowest BCUT2D eigenvalue weighted by molar-refractivity contribution is -0.147. The molecule has 1 saturated heterocycles. The summed E-state index contributed by atoms with van der Waals surface area (Å²) in [4.78, 5) is 34.2. The van der Waals surface area contributed by atoms with Crippen LogP contribution in [-0.2, 0) is 22.3 Å². The van der Waals surface area contributed by atoms with E-state index in [1.807, 2.05) is 12.1 Å². The Balaban J connectivity index is 1.34. The molecule has 1 aliphatic heterocycles. The summed E-state index contributed by atoms with van der Waals surface area (Å²) in [5.41, 5.74) is 2.40. The molecule has 2 N–H and O–H groups in total. The minimum atomic E-state index is -4.47. The van der Waals surface area contributed by atoms with Crippen molar-refractivity contribution in [1.29, 1.82) is 0 Å². The monoisotopic (exact) mass is 663 g/mol. The number of benzene rings is 3. The van der Waals surface area contributed by atoms with E-state index < -0.39 is 17.3 Å². The van der Waals surface area contributed by atoms with Crippen LogP contribution in [0.15, 0.2) is 72.8 Å². The van der Waals surface area contributed by atoms with E-state index >= 15 is 0 Å². The number of hydrogen-bond acceptors (Lipinski definition) is 4. The summed E-state index contributed by atoms with van der Waals surface area (Å²) >= 11 is 1.73. The molecular weight excluding hydrogens is 623 g/mol. The van der Waals surface area contributed by atoms with E-state index in [9.17, 15) is 22.8 Å². The number of aromatic amines is 1. The van der Waals surface area contributed by atoms with Crippen LogP contribution in [0.4, 0.5) is 18.9 Å². The molecule has 1 saturated carbocycles. The lowest BCUT2D eigenvalue weighted by atomic mass is 9.87. The third kappa shape index (κ3) is 6.36. The SMILES string of the molecule is COc1ccc(NC(=O)C2(N(Cc3ccc(C(F)(F)F)cc3)C(=O)C[C@H]3[C@@H](c4c(C)[nH]c5ccccc45)C3(C)C)CCSCC2)cc1. The molecule has 2 aliphatic rings. The van der Waals surface area contributed by atoms with Gasteiger partial charge in [-0.05, 0) is 102 Å². The summed E-state index contributed by atoms with van der Waals surface area (Å²) in [5.74, 6) is 1.72. The van der Waals surface area contributed by atoms with Crippen molar-refractivity contribution < 1.29 is 27.5 Å². The zero-order valence-electron chi connectivity index (χ0n) is 27.0. The average molecular weight is 664 g/mol. The number of nitrogens with zero attached hydrogens (tertiary/aromatic N) is 1. The highest BCUT2D eigenvalue weighted by Gasteiger charge is 2.60. The number of methoxy groups -OCH3 is 1. The van der Waals surface area contributed by atoms with Gasteiger partial charge < -0.3 is 19.9 Å². The van der Waals surface area contributed by atoms with Crippen LogP contribution in [0.25, 0.3) is 10.9 Å². The number of aryl methyl sites for hydroxylation is 1. The molecule has 248 valence electrons.